The Labute approximate surface area is 121 Å². The minimum atomic E-state index is -0.226. The van der Waals surface area contributed by atoms with Gasteiger partial charge in [-0.25, -0.2) is 0 Å². The molecule has 0 amide bonds. The van der Waals surface area contributed by atoms with Crippen molar-refractivity contribution in [1.29, 1.82) is 0 Å². The van der Waals surface area contributed by atoms with E-state index in [9.17, 15) is 5.11 Å². The molecule has 1 aliphatic carbocycles. The SMILES string of the molecule is OC(c1cc2c3c(c1)CCCN3CCC2)C1CCCC1. The molecule has 1 fully saturated rings. The summed E-state index contributed by atoms with van der Waals surface area (Å²) < 4.78 is 0. The molecule has 0 aromatic heterocycles. The molecule has 0 spiro atoms. The summed E-state index contributed by atoms with van der Waals surface area (Å²) in [4.78, 5) is 2.57. The molecule has 0 bridgehead atoms. The summed E-state index contributed by atoms with van der Waals surface area (Å²) in [6, 6.07) is 4.64. The van der Waals surface area contributed by atoms with Gasteiger partial charge < -0.3 is 10.0 Å². The highest BCUT2D eigenvalue weighted by atomic mass is 16.3. The van der Waals surface area contributed by atoms with E-state index in [4.69, 9.17) is 0 Å². The Hall–Kier alpha value is -1.02. The van der Waals surface area contributed by atoms with Crippen molar-refractivity contribution in [2.45, 2.75) is 57.5 Å². The third-order valence-electron chi connectivity index (χ3n) is 5.54. The summed E-state index contributed by atoms with van der Waals surface area (Å²) in [5.74, 6) is 0.503. The standard InChI is InChI=1S/C18H25NO/c20-18(13-5-1-2-6-13)16-11-14-7-3-9-19-10-4-8-15(12-16)17(14)19/h11-13,18,20H,1-10H2. The van der Waals surface area contributed by atoms with Crippen LogP contribution in [-0.2, 0) is 12.8 Å². The van der Waals surface area contributed by atoms with Gasteiger partial charge in [-0.15, -0.1) is 0 Å². The first-order chi connectivity index (χ1) is 9.83. The van der Waals surface area contributed by atoms with Crippen LogP contribution in [0.3, 0.4) is 0 Å². The van der Waals surface area contributed by atoms with E-state index in [0.29, 0.717) is 5.92 Å². The third kappa shape index (κ3) is 2.05. The summed E-state index contributed by atoms with van der Waals surface area (Å²) in [7, 11) is 0. The molecule has 4 rings (SSSR count). The second-order valence-electron chi connectivity index (χ2n) is 6.87. The molecule has 2 heteroatoms. The lowest BCUT2D eigenvalue weighted by Crippen LogP contribution is -2.34. The fourth-order valence-corrected chi connectivity index (χ4v) is 4.55. The number of benzene rings is 1. The van der Waals surface area contributed by atoms with E-state index in [1.54, 1.807) is 0 Å². The van der Waals surface area contributed by atoms with E-state index >= 15 is 0 Å². The number of hydrogen-bond donors (Lipinski definition) is 1. The van der Waals surface area contributed by atoms with E-state index in [2.05, 4.69) is 17.0 Å². The quantitative estimate of drug-likeness (QED) is 0.888. The maximum Gasteiger partial charge on any atom is 0.0818 e. The van der Waals surface area contributed by atoms with Gasteiger partial charge in [0.2, 0.25) is 0 Å². The van der Waals surface area contributed by atoms with Crippen molar-refractivity contribution in [1.82, 2.24) is 0 Å². The summed E-state index contributed by atoms with van der Waals surface area (Å²) in [5, 5.41) is 10.7. The molecule has 1 aromatic carbocycles. The number of nitrogens with zero attached hydrogens (tertiary/aromatic N) is 1. The highest BCUT2D eigenvalue weighted by Crippen LogP contribution is 2.41. The van der Waals surface area contributed by atoms with E-state index in [1.165, 1.54) is 86.8 Å². The van der Waals surface area contributed by atoms with Gasteiger partial charge in [-0.05, 0) is 61.1 Å². The molecule has 20 heavy (non-hydrogen) atoms. The second-order valence-corrected chi connectivity index (χ2v) is 6.87. The van der Waals surface area contributed by atoms with E-state index in [0.717, 1.165) is 0 Å². The average Bonchev–Trinajstić information content (AvgIpc) is 3.01. The number of aliphatic hydroxyl groups is 1. The van der Waals surface area contributed by atoms with Crippen LogP contribution in [0.5, 0.6) is 0 Å². The van der Waals surface area contributed by atoms with Crippen molar-refractivity contribution in [2.24, 2.45) is 5.92 Å². The monoisotopic (exact) mass is 271 g/mol. The zero-order chi connectivity index (χ0) is 13.5. The van der Waals surface area contributed by atoms with E-state index < -0.39 is 0 Å². The van der Waals surface area contributed by atoms with Crippen LogP contribution in [0.1, 0.15) is 61.3 Å². The molecule has 108 valence electrons. The van der Waals surface area contributed by atoms with Gasteiger partial charge in [-0.2, -0.15) is 0 Å². The molecular weight excluding hydrogens is 246 g/mol. The lowest BCUT2D eigenvalue weighted by atomic mass is 9.86. The minimum Gasteiger partial charge on any atom is -0.388 e. The average molecular weight is 271 g/mol. The lowest BCUT2D eigenvalue weighted by Gasteiger charge is -2.37. The fourth-order valence-electron chi connectivity index (χ4n) is 4.55. The first-order valence-corrected chi connectivity index (χ1v) is 8.41. The lowest BCUT2D eigenvalue weighted by molar-refractivity contribution is 0.111. The molecule has 2 aliphatic heterocycles. The van der Waals surface area contributed by atoms with Crippen LogP contribution < -0.4 is 4.90 Å². The Kier molecular flexibility index (Phi) is 3.22. The zero-order valence-corrected chi connectivity index (χ0v) is 12.3. The number of aliphatic hydroxyl groups excluding tert-OH is 1. The van der Waals surface area contributed by atoms with Gasteiger partial charge in [0.05, 0.1) is 6.10 Å². The number of anilines is 1. The van der Waals surface area contributed by atoms with Crippen LogP contribution in [0.15, 0.2) is 12.1 Å². The molecule has 2 nitrogen and oxygen atoms in total. The Balaban J connectivity index is 1.71. The topological polar surface area (TPSA) is 23.5 Å². The maximum absolute atomic E-state index is 10.7. The number of rotatable bonds is 2. The molecule has 1 atom stereocenters. The van der Waals surface area contributed by atoms with Crippen LogP contribution in [0.25, 0.3) is 0 Å². The van der Waals surface area contributed by atoms with Crippen molar-refractivity contribution >= 4 is 5.69 Å². The van der Waals surface area contributed by atoms with Crippen molar-refractivity contribution < 1.29 is 5.11 Å². The molecule has 0 saturated heterocycles. The van der Waals surface area contributed by atoms with Gasteiger partial charge in [-0.3, -0.25) is 0 Å². The van der Waals surface area contributed by atoms with Crippen molar-refractivity contribution in [2.75, 3.05) is 18.0 Å². The predicted molar refractivity (Wildman–Crippen MR) is 82.2 cm³/mol. The highest BCUT2D eigenvalue weighted by Gasteiger charge is 2.28. The van der Waals surface area contributed by atoms with Crippen LogP contribution in [-0.4, -0.2) is 18.2 Å². The van der Waals surface area contributed by atoms with E-state index in [1.807, 2.05) is 0 Å². The van der Waals surface area contributed by atoms with Gasteiger partial charge >= 0.3 is 0 Å². The van der Waals surface area contributed by atoms with E-state index in [-0.39, 0.29) is 6.10 Å². The summed E-state index contributed by atoms with van der Waals surface area (Å²) in [6.07, 6.45) is 9.73. The van der Waals surface area contributed by atoms with Crippen LogP contribution in [0.2, 0.25) is 0 Å². The van der Waals surface area contributed by atoms with Gasteiger partial charge in [0.25, 0.3) is 0 Å². The number of hydrogen-bond acceptors (Lipinski definition) is 2. The van der Waals surface area contributed by atoms with Crippen LogP contribution >= 0.6 is 0 Å². The summed E-state index contributed by atoms with van der Waals surface area (Å²) in [5.41, 5.74) is 5.72. The minimum absolute atomic E-state index is 0.226. The summed E-state index contributed by atoms with van der Waals surface area (Å²) >= 11 is 0. The number of aryl methyl sites for hydroxylation is 2. The van der Waals surface area contributed by atoms with Gasteiger partial charge in [-0.1, -0.05) is 25.0 Å². The normalized spacial score (nSPS) is 23.8. The Morgan fingerprint density at radius 3 is 2.15 bits per heavy atom. The van der Waals surface area contributed by atoms with Crippen molar-refractivity contribution in [3.8, 4) is 0 Å². The largest absolute Gasteiger partial charge is 0.388 e. The maximum atomic E-state index is 10.7. The molecule has 2 heterocycles. The smallest absolute Gasteiger partial charge is 0.0818 e. The molecule has 1 N–H and O–H groups in total. The van der Waals surface area contributed by atoms with Gasteiger partial charge in [0.1, 0.15) is 0 Å². The Bertz CT molecular complexity index is 473. The Morgan fingerprint density at radius 1 is 0.950 bits per heavy atom. The first-order valence-electron chi connectivity index (χ1n) is 8.41. The highest BCUT2D eigenvalue weighted by molar-refractivity contribution is 5.64. The predicted octanol–water partition coefficient (Wildman–Crippen LogP) is 3.61. The molecular formula is C18H25NO. The van der Waals surface area contributed by atoms with Gasteiger partial charge in [0.15, 0.2) is 0 Å². The zero-order valence-electron chi connectivity index (χ0n) is 12.3. The van der Waals surface area contributed by atoms with Crippen LogP contribution in [0.4, 0.5) is 5.69 Å². The molecule has 0 radical (unpaired) electrons. The first kappa shape index (κ1) is 12.7. The molecule has 1 aromatic rings. The second kappa shape index (κ2) is 5.07. The Morgan fingerprint density at radius 2 is 1.55 bits per heavy atom. The molecule has 1 unspecified atom stereocenters. The van der Waals surface area contributed by atoms with Crippen molar-refractivity contribution in [3.63, 3.8) is 0 Å². The van der Waals surface area contributed by atoms with Gasteiger partial charge in [0, 0.05) is 18.8 Å². The molecule has 3 aliphatic rings. The fraction of sp³-hybridized carbons (Fsp3) is 0.667. The van der Waals surface area contributed by atoms with Crippen LogP contribution in [0, 0.1) is 5.92 Å². The summed E-state index contributed by atoms with van der Waals surface area (Å²) in [6.45, 7) is 2.45. The third-order valence-corrected chi connectivity index (χ3v) is 5.54. The molecule has 1 saturated carbocycles. The van der Waals surface area contributed by atoms with Crippen molar-refractivity contribution in [3.05, 3.63) is 28.8 Å².